The molecule has 0 aromatic heterocycles. The van der Waals surface area contributed by atoms with E-state index in [1.54, 1.807) is 6.26 Å². The van der Waals surface area contributed by atoms with Gasteiger partial charge >= 0.3 is 13.8 Å². The molecule has 9 heteroatoms. The van der Waals surface area contributed by atoms with E-state index in [4.69, 9.17) is 18.5 Å². The fraction of sp³-hybridized carbons (Fsp3) is 0.896. The topological polar surface area (TPSA) is 91.3 Å². The Bertz CT molecular complexity index is 967. The maximum atomic E-state index is 12.7. The molecule has 2 atom stereocenters. The van der Waals surface area contributed by atoms with Crippen LogP contribution in [0.4, 0.5) is 0 Å². The lowest BCUT2D eigenvalue weighted by atomic mass is 10.0. The van der Waals surface area contributed by atoms with E-state index in [1.807, 2.05) is 27.2 Å². The van der Waals surface area contributed by atoms with Crippen LogP contribution in [0.3, 0.4) is 0 Å². The lowest BCUT2D eigenvalue weighted by Crippen LogP contribution is -2.37. The average Bonchev–Trinajstić information content (AvgIpc) is 3.16. The summed E-state index contributed by atoms with van der Waals surface area (Å²) in [5.74, 6) is -0.335. The fourth-order valence-corrected chi connectivity index (χ4v) is 7.55. The highest BCUT2D eigenvalue weighted by atomic mass is 31.2. The van der Waals surface area contributed by atoms with Gasteiger partial charge in [0.2, 0.25) is 0 Å². The third-order valence-corrected chi connectivity index (χ3v) is 11.6. The second kappa shape index (κ2) is 41.5. The van der Waals surface area contributed by atoms with Crippen LogP contribution in [0.15, 0.2) is 24.5 Å². The first kappa shape index (κ1) is 55.8. The fourth-order valence-electron chi connectivity index (χ4n) is 6.81. The number of likely N-dealkylation sites (N-methyl/N-ethyl adjacent to an activating group) is 1. The number of quaternary nitrogens is 1. The molecule has 0 fully saturated rings. The Balaban J connectivity index is 4.21. The number of carbonyl (C=O) groups is 1. The Morgan fingerprint density at radius 3 is 1.37 bits per heavy atom. The molecule has 0 aliphatic rings. The van der Waals surface area contributed by atoms with Crippen molar-refractivity contribution < 1.29 is 37.3 Å². The second-order valence-corrected chi connectivity index (χ2v) is 19.0. The van der Waals surface area contributed by atoms with Gasteiger partial charge in [-0.2, -0.15) is 0 Å². The van der Waals surface area contributed by atoms with Crippen LogP contribution in [0.2, 0.25) is 0 Å². The van der Waals surface area contributed by atoms with E-state index in [0.717, 1.165) is 32.1 Å². The van der Waals surface area contributed by atoms with Crippen LogP contribution in [-0.2, 0) is 27.9 Å². The number of nitrogens with zero attached hydrogens (tertiary/aromatic N) is 1. The molecule has 8 nitrogen and oxygen atoms in total. The van der Waals surface area contributed by atoms with E-state index in [-0.39, 0.29) is 25.8 Å². The highest BCUT2D eigenvalue weighted by Gasteiger charge is 2.26. The molecule has 0 bridgehead atoms. The minimum atomic E-state index is -4.29. The Hall–Kier alpha value is -1.18. The minimum Gasteiger partial charge on any atom is -0.498 e. The summed E-state index contributed by atoms with van der Waals surface area (Å²) in [5, 5.41) is 0. The quantitative estimate of drug-likeness (QED) is 0.0163. The Morgan fingerprint density at radius 1 is 0.544 bits per heavy atom. The van der Waals surface area contributed by atoms with Gasteiger partial charge in [0.25, 0.3) is 0 Å². The molecule has 1 unspecified atom stereocenters. The number of allylic oxidation sites excluding steroid dienone is 3. The molecule has 0 saturated heterocycles. The molecule has 0 rings (SSSR count). The van der Waals surface area contributed by atoms with E-state index in [0.29, 0.717) is 17.4 Å². The monoisotopic (exact) mass is 829 g/mol. The van der Waals surface area contributed by atoms with Crippen LogP contribution < -0.4 is 0 Å². The van der Waals surface area contributed by atoms with Gasteiger partial charge in [0.05, 0.1) is 34.0 Å². The first-order valence-corrected chi connectivity index (χ1v) is 25.6. The molecule has 0 aliphatic heterocycles. The number of esters is 1. The second-order valence-electron chi connectivity index (χ2n) is 17.6. The highest BCUT2D eigenvalue weighted by molar-refractivity contribution is 7.47. The Labute approximate surface area is 353 Å². The summed E-state index contributed by atoms with van der Waals surface area (Å²) in [6, 6.07) is 0. The summed E-state index contributed by atoms with van der Waals surface area (Å²) in [6.07, 6.45) is 48.8. The first-order valence-electron chi connectivity index (χ1n) is 24.1. The summed E-state index contributed by atoms with van der Waals surface area (Å²) in [7, 11) is 1.64. The standard InChI is InChI=1S/C48H94NO7P/c1-6-8-10-12-14-16-18-20-22-24-26-28-30-32-34-36-38-40-43-53-45-47(46-55-57(51,52)54-44-42-49(3,4)5)56-48(50)41-39-37-35-33-31-29-27-25-23-21-19-17-15-13-11-9-7-2/h17,19,40,43,47H,6-16,18,20-39,41-42,44-46H2,1-5H3/p+1/b19-17+,43-40+/t47-/m1/s1. The number of carbonyl (C=O) groups excluding carboxylic acids is 1. The van der Waals surface area contributed by atoms with Crippen molar-refractivity contribution in [2.75, 3.05) is 47.5 Å². The smallest absolute Gasteiger partial charge is 0.472 e. The van der Waals surface area contributed by atoms with Crippen LogP contribution in [0.5, 0.6) is 0 Å². The summed E-state index contributed by atoms with van der Waals surface area (Å²) in [4.78, 5) is 22.9. The number of hydrogen-bond donors (Lipinski definition) is 1. The van der Waals surface area contributed by atoms with Gasteiger partial charge in [0.15, 0.2) is 6.10 Å². The van der Waals surface area contributed by atoms with E-state index >= 15 is 0 Å². The molecule has 0 aromatic rings. The molecule has 0 aliphatic carbocycles. The number of phosphoric acid groups is 1. The number of phosphoric ester groups is 1. The number of ether oxygens (including phenoxy) is 2. The average molecular weight is 829 g/mol. The summed E-state index contributed by atoms with van der Waals surface area (Å²) < 4.78 is 34.8. The lowest BCUT2D eigenvalue weighted by molar-refractivity contribution is -0.870. The van der Waals surface area contributed by atoms with Gasteiger partial charge < -0.3 is 18.9 Å². The molecule has 0 heterocycles. The normalized spacial score (nSPS) is 13.8. The SMILES string of the molecule is CCCCCC/C=C/CCCCCCCCCCCC(=O)O[C@H](CO/C=C/CCCCCCCCCCCCCCCCCC)COP(=O)(O)OCC[N+](C)(C)C. The third-order valence-electron chi connectivity index (χ3n) is 10.6. The highest BCUT2D eigenvalue weighted by Crippen LogP contribution is 2.43. The third kappa shape index (κ3) is 45.7. The van der Waals surface area contributed by atoms with Crippen LogP contribution in [0.1, 0.15) is 226 Å². The number of rotatable bonds is 45. The number of hydrogen-bond acceptors (Lipinski definition) is 6. The van der Waals surface area contributed by atoms with Gasteiger partial charge in [-0.25, -0.2) is 4.57 Å². The van der Waals surface area contributed by atoms with Crippen molar-refractivity contribution in [2.24, 2.45) is 0 Å². The van der Waals surface area contributed by atoms with Crippen LogP contribution in [0.25, 0.3) is 0 Å². The van der Waals surface area contributed by atoms with Crippen LogP contribution >= 0.6 is 7.82 Å². The van der Waals surface area contributed by atoms with Crippen LogP contribution in [-0.4, -0.2) is 69.0 Å². The van der Waals surface area contributed by atoms with Crippen molar-refractivity contribution >= 4 is 13.8 Å². The van der Waals surface area contributed by atoms with Crippen molar-refractivity contribution in [3.05, 3.63) is 24.5 Å². The molecule has 0 saturated carbocycles. The molecule has 0 amide bonds. The van der Waals surface area contributed by atoms with Crippen molar-refractivity contribution in [1.29, 1.82) is 0 Å². The van der Waals surface area contributed by atoms with Gasteiger partial charge in [0.1, 0.15) is 19.8 Å². The summed E-state index contributed by atoms with van der Waals surface area (Å²) in [6.45, 7) is 4.95. The molecular formula is C48H95NO7P+. The van der Waals surface area contributed by atoms with Crippen LogP contribution in [0, 0.1) is 0 Å². The molecule has 0 radical (unpaired) electrons. The van der Waals surface area contributed by atoms with Gasteiger partial charge in [-0.05, 0) is 51.0 Å². The first-order chi connectivity index (χ1) is 27.6. The molecule has 1 N–H and O–H groups in total. The van der Waals surface area contributed by atoms with Crippen molar-refractivity contribution in [3.8, 4) is 0 Å². The maximum Gasteiger partial charge on any atom is 0.472 e. The zero-order valence-corrected chi connectivity index (χ0v) is 39.2. The van der Waals surface area contributed by atoms with Gasteiger partial charge in [-0.3, -0.25) is 13.8 Å². The predicted molar refractivity (Wildman–Crippen MR) is 242 cm³/mol. The number of unbranched alkanes of at least 4 members (excludes halogenated alkanes) is 29. The summed E-state index contributed by atoms with van der Waals surface area (Å²) >= 11 is 0. The maximum absolute atomic E-state index is 12.7. The van der Waals surface area contributed by atoms with E-state index < -0.39 is 13.9 Å². The van der Waals surface area contributed by atoms with Gasteiger partial charge in [-0.15, -0.1) is 0 Å². The Kier molecular flexibility index (Phi) is 40.7. The van der Waals surface area contributed by atoms with E-state index in [1.165, 1.54) is 173 Å². The van der Waals surface area contributed by atoms with Crippen molar-refractivity contribution in [1.82, 2.24) is 0 Å². The zero-order chi connectivity index (χ0) is 42.0. The molecule has 57 heavy (non-hydrogen) atoms. The zero-order valence-electron chi connectivity index (χ0n) is 38.3. The molecule has 338 valence electrons. The predicted octanol–water partition coefficient (Wildman–Crippen LogP) is 14.7. The molecule has 0 spiro atoms. The van der Waals surface area contributed by atoms with E-state index in [2.05, 4.69) is 26.0 Å². The largest absolute Gasteiger partial charge is 0.498 e. The van der Waals surface area contributed by atoms with Crippen molar-refractivity contribution in [2.45, 2.75) is 232 Å². The lowest BCUT2D eigenvalue weighted by Gasteiger charge is -2.24. The minimum absolute atomic E-state index is 0.0510. The molecular weight excluding hydrogens is 734 g/mol. The Morgan fingerprint density at radius 2 is 0.930 bits per heavy atom. The van der Waals surface area contributed by atoms with E-state index in [9.17, 15) is 14.3 Å². The van der Waals surface area contributed by atoms with Gasteiger partial charge in [0, 0.05) is 6.42 Å². The van der Waals surface area contributed by atoms with Crippen molar-refractivity contribution in [3.63, 3.8) is 0 Å². The molecule has 0 aromatic carbocycles. The summed E-state index contributed by atoms with van der Waals surface area (Å²) in [5.41, 5.74) is 0. The van der Waals surface area contributed by atoms with Gasteiger partial charge in [-0.1, -0.05) is 187 Å².